The fourth-order valence-corrected chi connectivity index (χ4v) is 1.78. The molecule has 0 aliphatic rings. The Labute approximate surface area is 108 Å². The molecule has 0 spiro atoms. The number of nitro groups is 1. The predicted molar refractivity (Wildman–Crippen MR) is 67.2 cm³/mol. The van der Waals surface area contributed by atoms with E-state index in [0.29, 0.717) is 0 Å². The molecule has 100 valence electrons. The molecule has 0 amide bonds. The van der Waals surface area contributed by atoms with Crippen LogP contribution in [0.25, 0.3) is 0 Å². The molecule has 0 bridgehead atoms. The monoisotopic (exact) mass is 275 g/mol. The van der Waals surface area contributed by atoms with Gasteiger partial charge < -0.3 is 21.7 Å². The van der Waals surface area contributed by atoms with Crippen LogP contribution < -0.4 is 11.5 Å². The third kappa shape index (κ3) is 3.08. The summed E-state index contributed by atoms with van der Waals surface area (Å²) < 4.78 is 0. The number of anilines is 1. The maximum Gasteiger partial charge on any atom is 0.293 e. The first-order valence-corrected chi connectivity index (χ1v) is 5.55. The van der Waals surface area contributed by atoms with Crippen LogP contribution in [0.2, 0.25) is 5.02 Å². The first kappa shape index (κ1) is 14.7. The molecule has 1 rings (SSSR count). The Morgan fingerprint density at radius 2 is 2.06 bits per heavy atom. The van der Waals surface area contributed by atoms with Crippen LogP contribution in [0.1, 0.15) is 18.1 Å². The van der Waals surface area contributed by atoms with Crippen LogP contribution in [-0.4, -0.2) is 27.8 Å². The number of hydrogen-bond donors (Lipinski definition) is 4. The highest BCUT2D eigenvalue weighted by molar-refractivity contribution is 6.31. The Kier molecular flexibility index (Phi) is 4.85. The van der Waals surface area contributed by atoms with Crippen molar-refractivity contribution in [2.75, 3.05) is 12.3 Å². The molecule has 6 N–H and O–H groups in total. The zero-order valence-corrected chi connectivity index (χ0v) is 10.2. The van der Waals surface area contributed by atoms with Crippen molar-refractivity contribution in [2.45, 2.75) is 18.6 Å². The number of nitro benzene ring substituents is 1. The first-order valence-electron chi connectivity index (χ1n) is 5.18. The number of halogens is 1. The summed E-state index contributed by atoms with van der Waals surface area (Å²) in [6.45, 7) is 0.167. The van der Waals surface area contributed by atoms with E-state index >= 15 is 0 Å². The molecule has 2 unspecified atom stereocenters. The van der Waals surface area contributed by atoms with Crippen LogP contribution in [0, 0.1) is 10.1 Å². The van der Waals surface area contributed by atoms with Gasteiger partial charge in [0.2, 0.25) is 0 Å². The van der Waals surface area contributed by atoms with Crippen LogP contribution in [0.15, 0.2) is 12.1 Å². The molecule has 18 heavy (non-hydrogen) atoms. The molecule has 0 aromatic heterocycles. The molecular formula is C10H14ClN3O4. The minimum Gasteiger partial charge on any atom is -0.393 e. The molecule has 0 heterocycles. The number of nitrogens with two attached hydrogens (primary N) is 2. The Morgan fingerprint density at radius 3 is 2.56 bits per heavy atom. The van der Waals surface area contributed by atoms with Gasteiger partial charge in [0, 0.05) is 16.7 Å². The zero-order chi connectivity index (χ0) is 13.9. The first-order chi connectivity index (χ1) is 8.38. The van der Waals surface area contributed by atoms with Crippen LogP contribution in [0.3, 0.4) is 0 Å². The Morgan fingerprint density at radius 1 is 1.44 bits per heavy atom. The number of aliphatic hydroxyl groups is 2. The third-order valence-corrected chi connectivity index (χ3v) is 2.72. The average molecular weight is 276 g/mol. The SMILES string of the molecule is NCCC(O)C(O)c1cc(Cl)cc([N+](=O)[O-])c1N. The van der Waals surface area contributed by atoms with E-state index in [-0.39, 0.29) is 29.2 Å². The van der Waals surface area contributed by atoms with Crippen LogP contribution >= 0.6 is 11.6 Å². The summed E-state index contributed by atoms with van der Waals surface area (Å²) in [6, 6.07) is 2.37. The Balaban J connectivity index is 3.19. The quantitative estimate of drug-likeness (QED) is 0.352. The summed E-state index contributed by atoms with van der Waals surface area (Å²) in [5, 5.41) is 30.3. The molecule has 0 aliphatic carbocycles. The Hall–Kier alpha value is -1.41. The third-order valence-electron chi connectivity index (χ3n) is 2.50. The lowest BCUT2D eigenvalue weighted by atomic mass is 9.99. The van der Waals surface area contributed by atoms with Gasteiger partial charge in [-0.1, -0.05) is 11.6 Å². The molecule has 7 nitrogen and oxygen atoms in total. The number of benzene rings is 1. The van der Waals surface area contributed by atoms with Gasteiger partial charge in [-0.25, -0.2) is 0 Å². The lowest BCUT2D eigenvalue weighted by Crippen LogP contribution is -2.22. The molecule has 0 radical (unpaired) electrons. The van der Waals surface area contributed by atoms with Gasteiger partial charge >= 0.3 is 0 Å². The van der Waals surface area contributed by atoms with Crippen molar-refractivity contribution in [3.8, 4) is 0 Å². The van der Waals surface area contributed by atoms with Crippen molar-refractivity contribution < 1.29 is 15.1 Å². The maximum atomic E-state index is 10.7. The molecule has 0 saturated carbocycles. The lowest BCUT2D eigenvalue weighted by Gasteiger charge is -2.19. The molecule has 0 saturated heterocycles. The van der Waals surface area contributed by atoms with E-state index in [2.05, 4.69) is 0 Å². The molecule has 0 aliphatic heterocycles. The van der Waals surface area contributed by atoms with Crippen molar-refractivity contribution in [1.29, 1.82) is 0 Å². The number of hydrogen-bond acceptors (Lipinski definition) is 6. The lowest BCUT2D eigenvalue weighted by molar-refractivity contribution is -0.384. The van der Waals surface area contributed by atoms with E-state index in [1.54, 1.807) is 0 Å². The van der Waals surface area contributed by atoms with Gasteiger partial charge in [-0.05, 0) is 19.0 Å². The molecule has 0 fully saturated rings. The maximum absolute atomic E-state index is 10.7. The van der Waals surface area contributed by atoms with Crippen molar-refractivity contribution >= 4 is 23.0 Å². The minimum absolute atomic E-state index is 0.0233. The molecule has 1 aromatic carbocycles. The summed E-state index contributed by atoms with van der Waals surface area (Å²) in [4.78, 5) is 10.0. The molecule has 1 aromatic rings. The Bertz CT molecular complexity index is 455. The number of nitrogens with zero attached hydrogens (tertiary/aromatic N) is 1. The van der Waals surface area contributed by atoms with Crippen molar-refractivity contribution in [3.05, 3.63) is 32.8 Å². The number of aliphatic hydroxyl groups excluding tert-OH is 2. The second-order valence-electron chi connectivity index (χ2n) is 3.77. The van der Waals surface area contributed by atoms with Gasteiger partial charge in [0.25, 0.3) is 5.69 Å². The van der Waals surface area contributed by atoms with Crippen LogP contribution in [0.5, 0.6) is 0 Å². The highest BCUT2D eigenvalue weighted by atomic mass is 35.5. The normalized spacial score (nSPS) is 14.2. The van der Waals surface area contributed by atoms with Crippen molar-refractivity contribution in [3.63, 3.8) is 0 Å². The van der Waals surface area contributed by atoms with Crippen LogP contribution in [-0.2, 0) is 0 Å². The van der Waals surface area contributed by atoms with E-state index < -0.39 is 22.8 Å². The van der Waals surface area contributed by atoms with E-state index in [9.17, 15) is 20.3 Å². The largest absolute Gasteiger partial charge is 0.393 e. The summed E-state index contributed by atoms with van der Waals surface area (Å²) in [7, 11) is 0. The summed E-state index contributed by atoms with van der Waals surface area (Å²) in [6.07, 6.45) is -2.39. The van der Waals surface area contributed by atoms with E-state index in [4.69, 9.17) is 23.1 Å². The van der Waals surface area contributed by atoms with Crippen LogP contribution in [0.4, 0.5) is 11.4 Å². The molecule has 2 atom stereocenters. The highest BCUT2D eigenvalue weighted by Crippen LogP contribution is 2.34. The standard InChI is InChI=1S/C10H14ClN3O4/c11-5-3-6(10(16)8(15)1-2-12)9(13)7(4-5)14(17)18/h3-4,8,10,15-16H,1-2,12-13H2. The van der Waals surface area contributed by atoms with Gasteiger partial charge in [0.15, 0.2) is 0 Å². The van der Waals surface area contributed by atoms with E-state index in [1.807, 2.05) is 0 Å². The summed E-state index contributed by atoms with van der Waals surface area (Å²) in [5.41, 5.74) is 10.2. The van der Waals surface area contributed by atoms with Gasteiger partial charge in [0.05, 0.1) is 11.0 Å². The molecule has 8 heteroatoms. The number of rotatable bonds is 5. The summed E-state index contributed by atoms with van der Waals surface area (Å²) >= 11 is 5.71. The second-order valence-corrected chi connectivity index (χ2v) is 4.21. The average Bonchev–Trinajstić information content (AvgIpc) is 2.30. The van der Waals surface area contributed by atoms with Crippen molar-refractivity contribution in [2.24, 2.45) is 5.73 Å². The number of nitrogen functional groups attached to an aromatic ring is 1. The zero-order valence-electron chi connectivity index (χ0n) is 9.41. The topological polar surface area (TPSA) is 136 Å². The smallest absolute Gasteiger partial charge is 0.293 e. The fourth-order valence-electron chi connectivity index (χ4n) is 1.56. The van der Waals surface area contributed by atoms with Gasteiger partial charge in [0.1, 0.15) is 11.8 Å². The predicted octanol–water partition coefficient (Wildman–Crippen LogP) is 0.573. The van der Waals surface area contributed by atoms with Gasteiger partial charge in [-0.15, -0.1) is 0 Å². The molecular weight excluding hydrogens is 262 g/mol. The van der Waals surface area contributed by atoms with E-state index in [1.165, 1.54) is 6.07 Å². The minimum atomic E-state index is -1.37. The summed E-state index contributed by atoms with van der Waals surface area (Å²) in [5.74, 6) is 0. The second kappa shape index (κ2) is 5.96. The van der Waals surface area contributed by atoms with Gasteiger partial charge in [-0.2, -0.15) is 0 Å². The highest BCUT2D eigenvalue weighted by Gasteiger charge is 2.25. The van der Waals surface area contributed by atoms with Crippen molar-refractivity contribution in [1.82, 2.24) is 0 Å². The van der Waals surface area contributed by atoms with Gasteiger partial charge in [-0.3, -0.25) is 10.1 Å². The van der Waals surface area contributed by atoms with E-state index in [0.717, 1.165) is 6.07 Å². The fraction of sp³-hybridized carbons (Fsp3) is 0.400.